The minimum absolute atomic E-state index is 0.0502. The number of thioether (sulfide) groups is 1. The fraction of sp³-hybridized carbons (Fsp3) is 0.350. The van der Waals surface area contributed by atoms with E-state index in [0.717, 1.165) is 22.1 Å². The van der Waals surface area contributed by atoms with Gasteiger partial charge in [0.1, 0.15) is 0 Å². The zero-order valence-electron chi connectivity index (χ0n) is 13.8. The van der Waals surface area contributed by atoms with E-state index in [0.29, 0.717) is 6.54 Å². The molecule has 124 valence electrons. The first kappa shape index (κ1) is 16.0. The lowest BCUT2D eigenvalue weighted by Crippen LogP contribution is -2.24. The zero-order chi connectivity index (χ0) is 16.5. The first-order valence-electron chi connectivity index (χ1n) is 8.50. The number of nitrogens with one attached hydrogen (secondary N) is 1. The van der Waals surface area contributed by atoms with Crippen LogP contribution in [0.5, 0.6) is 0 Å². The first-order valence-corrected chi connectivity index (χ1v) is 10.3. The molecule has 1 N–H and O–H groups in total. The van der Waals surface area contributed by atoms with Crippen molar-refractivity contribution in [2.45, 2.75) is 38.5 Å². The molecule has 0 unspecified atom stereocenters. The molecular weight excluding hydrogens is 334 g/mol. The van der Waals surface area contributed by atoms with E-state index in [1.54, 1.807) is 22.2 Å². The maximum absolute atomic E-state index is 12.5. The van der Waals surface area contributed by atoms with Crippen LogP contribution >= 0.6 is 23.1 Å². The van der Waals surface area contributed by atoms with Crippen molar-refractivity contribution in [3.8, 4) is 0 Å². The molecule has 0 saturated carbocycles. The fourth-order valence-corrected chi connectivity index (χ4v) is 6.10. The number of hydrogen-bond acceptors (Lipinski definition) is 3. The Bertz CT molecular complexity index is 791. The normalized spacial score (nSPS) is 19.2. The molecule has 4 heteroatoms. The summed E-state index contributed by atoms with van der Waals surface area (Å²) in [7, 11) is 0. The topological polar surface area (TPSA) is 29.1 Å². The van der Waals surface area contributed by atoms with Gasteiger partial charge in [-0.3, -0.25) is 4.79 Å². The number of hydrogen-bond donors (Lipinski definition) is 1. The van der Waals surface area contributed by atoms with E-state index in [2.05, 4.69) is 18.3 Å². The molecule has 0 fully saturated rings. The molecule has 4 rings (SSSR count). The summed E-state index contributed by atoms with van der Waals surface area (Å²) in [6, 6.07) is 10.1. The van der Waals surface area contributed by atoms with Crippen LogP contribution in [0.2, 0.25) is 0 Å². The standard InChI is InChI=1S/C20H21NOS2/c1-13-7-8-15-16-12-23-19(10-18(16)24-17(15)9-13)20(22)21-11-14-5-3-2-4-6-14/h2-6,10,13H,7-9,11-12H2,1H3,(H,21,22)/t13-/m1/s1. The maximum Gasteiger partial charge on any atom is 0.258 e. The van der Waals surface area contributed by atoms with E-state index < -0.39 is 0 Å². The Hall–Kier alpha value is -1.52. The van der Waals surface area contributed by atoms with Gasteiger partial charge in [-0.15, -0.1) is 23.1 Å². The van der Waals surface area contributed by atoms with E-state index in [1.807, 2.05) is 41.7 Å². The lowest BCUT2D eigenvalue weighted by atomic mass is 9.88. The summed E-state index contributed by atoms with van der Waals surface area (Å²) in [5, 5.41) is 3.04. The minimum atomic E-state index is 0.0502. The van der Waals surface area contributed by atoms with Crippen molar-refractivity contribution in [2.75, 3.05) is 0 Å². The summed E-state index contributed by atoms with van der Waals surface area (Å²) < 4.78 is 0. The van der Waals surface area contributed by atoms with Crippen LogP contribution in [-0.4, -0.2) is 5.91 Å². The maximum atomic E-state index is 12.5. The Labute approximate surface area is 151 Å². The Morgan fingerprint density at radius 2 is 2.08 bits per heavy atom. The highest BCUT2D eigenvalue weighted by Crippen LogP contribution is 2.43. The third-order valence-corrected chi connectivity index (χ3v) is 7.10. The summed E-state index contributed by atoms with van der Waals surface area (Å²) in [4.78, 5) is 16.2. The van der Waals surface area contributed by atoms with Gasteiger partial charge in [-0.05, 0) is 47.9 Å². The molecule has 2 aliphatic rings. The van der Waals surface area contributed by atoms with Crippen LogP contribution in [0.15, 0.2) is 35.2 Å². The van der Waals surface area contributed by atoms with Crippen molar-refractivity contribution >= 4 is 35.1 Å². The number of benzene rings is 1. The van der Waals surface area contributed by atoms with Crippen LogP contribution in [-0.2, 0) is 29.9 Å². The van der Waals surface area contributed by atoms with Crippen molar-refractivity contribution in [2.24, 2.45) is 5.92 Å². The van der Waals surface area contributed by atoms with Crippen molar-refractivity contribution in [3.63, 3.8) is 0 Å². The molecule has 1 aliphatic heterocycles. The lowest BCUT2D eigenvalue weighted by molar-refractivity contribution is -0.116. The molecule has 0 saturated heterocycles. The van der Waals surface area contributed by atoms with Crippen molar-refractivity contribution in [1.29, 1.82) is 0 Å². The molecule has 2 nitrogen and oxygen atoms in total. The van der Waals surface area contributed by atoms with Crippen molar-refractivity contribution in [3.05, 3.63) is 61.7 Å². The monoisotopic (exact) mass is 355 g/mol. The summed E-state index contributed by atoms with van der Waals surface area (Å²) in [5.74, 6) is 1.79. The second-order valence-corrected chi connectivity index (χ2v) is 8.81. The van der Waals surface area contributed by atoms with Crippen molar-refractivity contribution in [1.82, 2.24) is 5.32 Å². The Balaban J connectivity index is 1.49. The summed E-state index contributed by atoms with van der Waals surface area (Å²) >= 11 is 3.59. The van der Waals surface area contributed by atoms with Gasteiger partial charge in [-0.1, -0.05) is 37.3 Å². The molecule has 1 aromatic heterocycles. The predicted octanol–water partition coefficient (Wildman–Crippen LogP) is 4.78. The summed E-state index contributed by atoms with van der Waals surface area (Å²) in [5.41, 5.74) is 4.21. The largest absolute Gasteiger partial charge is 0.348 e. The third kappa shape index (κ3) is 3.17. The molecule has 1 aromatic carbocycles. The molecule has 2 heterocycles. The van der Waals surface area contributed by atoms with Gasteiger partial charge in [0, 0.05) is 22.1 Å². The van der Waals surface area contributed by atoms with Gasteiger partial charge in [-0.25, -0.2) is 0 Å². The van der Waals surface area contributed by atoms with E-state index in [-0.39, 0.29) is 5.91 Å². The lowest BCUT2D eigenvalue weighted by Gasteiger charge is -2.19. The second-order valence-electron chi connectivity index (χ2n) is 6.66. The molecule has 0 bridgehead atoms. The highest BCUT2D eigenvalue weighted by molar-refractivity contribution is 8.03. The number of fused-ring (bicyclic) bond motifs is 3. The van der Waals surface area contributed by atoms with Gasteiger partial charge >= 0.3 is 0 Å². The van der Waals surface area contributed by atoms with Gasteiger partial charge < -0.3 is 5.32 Å². The summed E-state index contributed by atoms with van der Waals surface area (Å²) in [6.07, 6.45) is 5.83. The highest BCUT2D eigenvalue weighted by Gasteiger charge is 2.26. The fourth-order valence-electron chi connectivity index (χ4n) is 3.42. The van der Waals surface area contributed by atoms with Crippen LogP contribution < -0.4 is 5.32 Å². The SMILES string of the molecule is C[C@@H]1CCc2c(sc3c2CSC(C(=O)NCc2ccccc2)=C3)C1. The number of amides is 1. The Morgan fingerprint density at radius 1 is 1.25 bits per heavy atom. The molecule has 1 atom stereocenters. The van der Waals surface area contributed by atoms with E-state index in [9.17, 15) is 4.79 Å². The molecule has 0 radical (unpaired) electrons. The Morgan fingerprint density at radius 3 is 2.92 bits per heavy atom. The van der Waals surface area contributed by atoms with Gasteiger partial charge in [-0.2, -0.15) is 0 Å². The van der Waals surface area contributed by atoms with Gasteiger partial charge in [0.15, 0.2) is 0 Å². The molecule has 1 aliphatic carbocycles. The first-order chi connectivity index (χ1) is 11.7. The van der Waals surface area contributed by atoms with Crippen LogP contribution in [0, 0.1) is 5.92 Å². The minimum Gasteiger partial charge on any atom is -0.348 e. The number of carbonyl (C=O) groups is 1. The van der Waals surface area contributed by atoms with Crippen LogP contribution in [0.3, 0.4) is 0 Å². The average molecular weight is 356 g/mol. The van der Waals surface area contributed by atoms with Gasteiger partial charge in [0.25, 0.3) is 5.91 Å². The molecular formula is C20H21NOS2. The van der Waals surface area contributed by atoms with Gasteiger partial charge in [0.05, 0.1) is 4.91 Å². The number of carbonyl (C=O) groups excluding carboxylic acids is 1. The second kappa shape index (κ2) is 6.77. The Kier molecular flexibility index (Phi) is 4.51. The quantitative estimate of drug-likeness (QED) is 0.859. The predicted molar refractivity (Wildman–Crippen MR) is 103 cm³/mol. The number of rotatable bonds is 3. The van der Waals surface area contributed by atoms with E-state index in [4.69, 9.17) is 0 Å². The van der Waals surface area contributed by atoms with Gasteiger partial charge in [0.2, 0.25) is 0 Å². The number of thiophene rings is 1. The highest BCUT2D eigenvalue weighted by atomic mass is 32.2. The van der Waals surface area contributed by atoms with Crippen LogP contribution in [0.4, 0.5) is 0 Å². The zero-order valence-corrected chi connectivity index (χ0v) is 15.4. The molecule has 2 aromatic rings. The third-order valence-electron chi connectivity index (χ3n) is 4.81. The molecule has 24 heavy (non-hydrogen) atoms. The van der Waals surface area contributed by atoms with Crippen LogP contribution in [0.25, 0.3) is 6.08 Å². The van der Waals surface area contributed by atoms with Crippen LogP contribution in [0.1, 0.15) is 39.8 Å². The average Bonchev–Trinajstić information content (AvgIpc) is 2.97. The smallest absolute Gasteiger partial charge is 0.258 e. The van der Waals surface area contributed by atoms with Crippen molar-refractivity contribution < 1.29 is 4.79 Å². The van der Waals surface area contributed by atoms with E-state index >= 15 is 0 Å². The van der Waals surface area contributed by atoms with E-state index in [1.165, 1.54) is 29.7 Å². The molecule has 1 amide bonds. The summed E-state index contributed by atoms with van der Waals surface area (Å²) in [6.45, 7) is 2.93. The molecule has 0 spiro atoms.